The quantitative estimate of drug-likeness (QED) is 0.408. The van der Waals surface area contributed by atoms with E-state index >= 15 is 0 Å². The summed E-state index contributed by atoms with van der Waals surface area (Å²) in [6, 6.07) is 10.1. The van der Waals surface area contributed by atoms with Gasteiger partial charge in [0.25, 0.3) is 17.5 Å². The molecule has 152 valence electrons. The largest absolute Gasteiger partial charge is 0.340 e. The zero-order valence-corrected chi connectivity index (χ0v) is 16.9. The van der Waals surface area contributed by atoms with Gasteiger partial charge < -0.3 is 5.32 Å². The molecule has 2 aromatic rings. The predicted molar refractivity (Wildman–Crippen MR) is 111 cm³/mol. The average molecular weight is 417 g/mol. The SMILES string of the molecule is Cc1ccc(/C=N\NC(=O)C(NC(=O)c2ccc(Cl)cc2)C(C)C)cc1[N+](=O)[O-]. The lowest BCUT2D eigenvalue weighted by Gasteiger charge is -2.20. The number of nitrogens with one attached hydrogen (secondary N) is 2. The van der Waals surface area contributed by atoms with Crippen molar-refractivity contribution < 1.29 is 14.5 Å². The van der Waals surface area contributed by atoms with E-state index in [1.807, 2.05) is 0 Å². The van der Waals surface area contributed by atoms with Crippen LogP contribution in [0, 0.1) is 23.0 Å². The van der Waals surface area contributed by atoms with Crippen LogP contribution < -0.4 is 10.7 Å². The molecule has 0 spiro atoms. The van der Waals surface area contributed by atoms with E-state index in [-0.39, 0.29) is 11.6 Å². The van der Waals surface area contributed by atoms with Crippen LogP contribution in [0.1, 0.15) is 35.3 Å². The molecule has 0 aliphatic carbocycles. The number of nitro benzene ring substituents is 1. The summed E-state index contributed by atoms with van der Waals surface area (Å²) >= 11 is 5.82. The molecule has 0 aromatic heterocycles. The molecule has 0 saturated heterocycles. The molecule has 0 saturated carbocycles. The van der Waals surface area contributed by atoms with Gasteiger partial charge in [0.1, 0.15) is 6.04 Å². The molecule has 1 unspecified atom stereocenters. The molecule has 2 aromatic carbocycles. The van der Waals surface area contributed by atoms with E-state index in [0.29, 0.717) is 21.7 Å². The number of carbonyl (C=O) groups excluding carboxylic acids is 2. The summed E-state index contributed by atoms with van der Waals surface area (Å²) < 4.78 is 0. The first-order chi connectivity index (χ1) is 13.7. The van der Waals surface area contributed by atoms with Crippen molar-refractivity contribution in [1.82, 2.24) is 10.7 Å². The van der Waals surface area contributed by atoms with Gasteiger partial charge in [-0.05, 0) is 37.1 Å². The maximum Gasteiger partial charge on any atom is 0.272 e. The van der Waals surface area contributed by atoms with Crippen molar-refractivity contribution in [1.29, 1.82) is 0 Å². The summed E-state index contributed by atoms with van der Waals surface area (Å²) in [5.74, 6) is -1.10. The normalized spacial score (nSPS) is 12.0. The molecule has 9 heteroatoms. The zero-order chi connectivity index (χ0) is 21.6. The lowest BCUT2D eigenvalue weighted by atomic mass is 10.0. The first-order valence-electron chi connectivity index (χ1n) is 8.83. The summed E-state index contributed by atoms with van der Waals surface area (Å²) in [6.07, 6.45) is 1.31. The van der Waals surface area contributed by atoms with Crippen LogP contribution in [0.3, 0.4) is 0 Å². The lowest BCUT2D eigenvalue weighted by molar-refractivity contribution is -0.385. The van der Waals surface area contributed by atoms with Gasteiger partial charge in [-0.15, -0.1) is 0 Å². The lowest BCUT2D eigenvalue weighted by Crippen LogP contribution is -2.48. The Morgan fingerprint density at radius 1 is 1.17 bits per heavy atom. The number of amides is 2. The molecule has 2 rings (SSSR count). The maximum absolute atomic E-state index is 12.5. The van der Waals surface area contributed by atoms with E-state index in [0.717, 1.165) is 0 Å². The highest BCUT2D eigenvalue weighted by Crippen LogP contribution is 2.18. The third-order valence-corrected chi connectivity index (χ3v) is 4.41. The first-order valence-corrected chi connectivity index (χ1v) is 9.21. The standard InChI is InChI=1S/C20H21ClN4O4/c1-12(2)18(23-19(26)15-6-8-16(21)9-7-15)20(27)24-22-11-14-5-4-13(3)17(10-14)25(28)29/h4-12,18H,1-3H3,(H,23,26)(H,24,27)/b22-11-. The fraction of sp³-hybridized carbons (Fsp3) is 0.250. The zero-order valence-electron chi connectivity index (χ0n) is 16.2. The molecule has 2 N–H and O–H groups in total. The van der Waals surface area contributed by atoms with E-state index in [2.05, 4.69) is 15.8 Å². The Labute approximate surface area is 173 Å². The number of hydrazone groups is 1. The number of carbonyl (C=O) groups is 2. The van der Waals surface area contributed by atoms with Gasteiger partial charge in [-0.25, -0.2) is 5.43 Å². The minimum atomic E-state index is -0.817. The maximum atomic E-state index is 12.5. The van der Waals surface area contributed by atoms with E-state index < -0.39 is 22.8 Å². The van der Waals surface area contributed by atoms with Crippen LogP contribution in [-0.2, 0) is 4.79 Å². The Hall–Kier alpha value is -3.26. The number of nitro groups is 1. The van der Waals surface area contributed by atoms with Gasteiger partial charge in [-0.2, -0.15) is 5.10 Å². The van der Waals surface area contributed by atoms with E-state index in [9.17, 15) is 19.7 Å². The number of halogens is 1. The first kappa shape index (κ1) is 22.0. The van der Waals surface area contributed by atoms with Crippen LogP contribution in [0.15, 0.2) is 47.6 Å². The Bertz CT molecular complexity index is 942. The monoisotopic (exact) mass is 416 g/mol. The van der Waals surface area contributed by atoms with Gasteiger partial charge in [0.2, 0.25) is 0 Å². The molecular formula is C20H21ClN4O4. The molecule has 0 aliphatic rings. The number of hydrogen-bond donors (Lipinski definition) is 2. The van der Waals surface area contributed by atoms with Crippen molar-refractivity contribution in [2.45, 2.75) is 26.8 Å². The van der Waals surface area contributed by atoms with Crippen LogP contribution in [0.2, 0.25) is 5.02 Å². The van der Waals surface area contributed by atoms with Gasteiger partial charge in [0.05, 0.1) is 11.1 Å². The van der Waals surface area contributed by atoms with Crippen molar-refractivity contribution in [3.8, 4) is 0 Å². The van der Waals surface area contributed by atoms with E-state index in [4.69, 9.17) is 11.6 Å². The summed E-state index contributed by atoms with van der Waals surface area (Å²) in [5, 5.41) is 18.0. The van der Waals surface area contributed by atoms with Gasteiger partial charge in [0.15, 0.2) is 0 Å². The summed E-state index contributed by atoms with van der Waals surface area (Å²) in [4.78, 5) is 35.3. The Morgan fingerprint density at radius 3 is 2.41 bits per heavy atom. The minimum absolute atomic E-state index is 0.0319. The van der Waals surface area contributed by atoms with Crippen LogP contribution in [0.5, 0.6) is 0 Å². The van der Waals surface area contributed by atoms with Gasteiger partial charge in [-0.3, -0.25) is 19.7 Å². The molecule has 0 bridgehead atoms. The van der Waals surface area contributed by atoms with Gasteiger partial charge in [-0.1, -0.05) is 37.6 Å². The molecule has 0 fully saturated rings. The summed E-state index contributed by atoms with van der Waals surface area (Å²) in [5.41, 5.74) is 3.71. The molecular weight excluding hydrogens is 396 g/mol. The Kier molecular flexibility index (Phi) is 7.44. The third-order valence-electron chi connectivity index (χ3n) is 4.16. The number of benzene rings is 2. The highest BCUT2D eigenvalue weighted by molar-refractivity contribution is 6.30. The van der Waals surface area contributed by atoms with Gasteiger partial charge >= 0.3 is 0 Å². The van der Waals surface area contributed by atoms with Crippen molar-refractivity contribution in [2.75, 3.05) is 0 Å². The van der Waals surface area contributed by atoms with Crippen molar-refractivity contribution in [2.24, 2.45) is 11.0 Å². The second-order valence-corrected chi connectivity index (χ2v) is 7.18. The van der Waals surface area contributed by atoms with E-state index in [1.165, 1.54) is 12.3 Å². The van der Waals surface area contributed by atoms with Crippen molar-refractivity contribution in [3.05, 3.63) is 74.3 Å². The van der Waals surface area contributed by atoms with Crippen LogP contribution in [0.25, 0.3) is 0 Å². The third kappa shape index (κ3) is 6.11. The molecule has 2 amide bonds. The van der Waals surface area contributed by atoms with Crippen LogP contribution >= 0.6 is 11.6 Å². The molecule has 1 atom stereocenters. The molecule has 0 heterocycles. The van der Waals surface area contributed by atoms with Crippen molar-refractivity contribution >= 4 is 35.3 Å². The fourth-order valence-corrected chi connectivity index (χ4v) is 2.63. The number of aryl methyl sites for hydroxylation is 1. The Morgan fingerprint density at radius 2 is 1.83 bits per heavy atom. The minimum Gasteiger partial charge on any atom is -0.340 e. The number of nitrogens with zero attached hydrogens (tertiary/aromatic N) is 2. The predicted octanol–water partition coefficient (Wildman–Crippen LogP) is 3.46. The fourth-order valence-electron chi connectivity index (χ4n) is 2.50. The van der Waals surface area contributed by atoms with E-state index in [1.54, 1.807) is 57.2 Å². The highest BCUT2D eigenvalue weighted by atomic mass is 35.5. The van der Waals surface area contributed by atoms with Gasteiger partial charge in [0, 0.05) is 27.8 Å². The second-order valence-electron chi connectivity index (χ2n) is 6.74. The molecule has 0 radical (unpaired) electrons. The molecule has 0 aliphatic heterocycles. The smallest absolute Gasteiger partial charge is 0.272 e. The summed E-state index contributed by atoms with van der Waals surface area (Å²) in [6.45, 7) is 5.22. The topological polar surface area (TPSA) is 114 Å². The van der Waals surface area contributed by atoms with Crippen LogP contribution in [0.4, 0.5) is 5.69 Å². The second kappa shape index (κ2) is 9.79. The Balaban J connectivity index is 2.05. The summed E-state index contributed by atoms with van der Waals surface area (Å²) in [7, 11) is 0. The molecule has 8 nitrogen and oxygen atoms in total. The van der Waals surface area contributed by atoms with Crippen molar-refractivity contribution in [3.63, 3.8) is 0 Å². The highest BCUT2D eigenvalue weighted by Gasteiger charge is 2.24. The number of rotatable bonds is 7. The van der Waals surface area contributed by atoms with Crippen LogP contribution in [-0.4, -0.2) is 29.0 Å². The molecule has 29 heavy (non-hydrogen) atoms. The number of hydrogen-bond acceptors (Lipinski definition) is 5. The average Bonchev–Trinajstić information content (AvgIpc) is 2.67.